The van der Waals surface area contributed by atoms with Crippen LogP contribution in [0.15, 0.2) is 78.9 Å². The third kappa shape index (κ3) is 6.64. The topological polar surface area (TPSA) is 114 Å². The fourth-order valence-electron chi connectivity index (χ4n) is 4.55. The summed E-state index contributed by atoms with van der Waals surface area (Å²) in [6.45, 7) is 4.92. The number of nitrogens with one attached hydrogen (secondary N) is 2. The van der Waals surface area contributed by atoms with E-state index in [9.17, 15) is 19.5 Å². The summed E-state index contributed by atoms with van der Waals surface area (Å²) in [5.41, 5.74) is 4.12. The van der Waals surface area contributed by atoms with Crippen LogP contribution < -0.4 is 10.6 Å². The highest BCUT2D eigenvalue weighted by Gasteiger charge is 2.33. The zero-order valence-electron chi connectivity index (χ0n) is 22.3. The first-order chi connectivity index (χ1) is 18.7. The largest absolute Gasteiger partial charge is 0.481 e. The number of aliphatic carboxylic acids is 1. The fraction of sp³-hybridized carbons (Fsp3) is 0.323. The minimum absolute atomic E-state index is 0.0967. The number of alkyl carbamates (subject to hydrolysis) is 1. The van der Waals surface area contributed by atoms with Gasteiger partial charge in [0.15, 0.2) is 0 Å². The van der Waals surface area contributed by atoms with Crippen molar-refractivity contribution in [3.05, 3.63) is 95.6 Å². The molecule has 0 aliphatic heterocycles. The lowest BCUT2D eigenvalue weighted by molar-refractivity contribution is -0.147. The van der Waals surface area contributed by atoms with Crippen LogP contribution in [0.1, 0.15) is 43.4 Å². The highest BCUT2D eigenvalue weighted by atomic mass is 16.5. The predicted molar refractivity (Wildman–Crippen MR) is 147 cm³/mol. The first kappa shape index (κ1) is 27.9. The molecule has 3 N–H and O–H groups in total. The van der Waals surface area contributed by atoms with Crippen LogP contribution in [0.3, 0.4) is 0 Å². The van der Waals surface area contributed by atoms with Gasteiger partial charge in [0, 0.05) is 12.5 Å². The molecule has 0 radical (unpaired) electrons. The lowest BCUT2D eigenvalue weighted by Gasteiger charge is -2.27. The van der Waals surface area contributed by atoms with E-state index in [1.807, 2.05) is 66.7 Å². The van der Waals surface area contributed by atoms with Gasteiger partial charge in [0.1, 0.15) is 12.6 Å². The number of rotatable bonds is 11. The van der Waals surface area contributed by atoms with Crippen LogP contribution >= 0.6 is 0 Å². The summed E-state index contributed by atoms with van der Waals surface area (Å²) in [5.74, 6) is -1.73. The van der Waals surface area contributed by atoms with Gasteiger partial charge in [-0.1, -0.05) is 78.9 Å². The van der Waals surface area contributed by atoms with Gasteiger partial charge in [0.25, 0.3) is 0 Å². The van der Waals surface area contributed by atoms with Crippen molar-refractivity contribution in [3.63, 3.8) is 0 Å². The van der Waals surface area contributed by atoms with E-state index in [0.717, 1.165) is 27.8 Å². The smallest absolute Gasteiger partial charge is 0.407 e. The molecule has 0 spiro atoms. The highest BCUT2D eigenvalue weighted by Crippen LogP contribution is 2.44. The molecule has 0 fully saturated rings. The second-order valence-corrected chi connectivity index (χ2v) is 10.4. The molecule has 8 nitrogen and oxygen atoms in total. The van der Waals surface area contributed by atoms with Crippen molar-refractivity contribution < 1.29 is 29.0 Å². The van der Waals surface area contributed by atoms with Gasteiger partial charge < -0.3 is 25.2 Å². The van der Waals surface area contributed by atoms with Crippen LogP contribution in [0.25, 0.3) is 11.1 Å². The van der Waals surface area contributed by atoms with Crippen LogP contribution in [0, 0.1) is 5.41 Å². The molecule has 0 heterocycles. The number of carbonyl (C=O) groups excluding carboxylic acids is 2. The zero-order valence-corrected chi connectivity index (χ0v) is 22.3. The number of benzene rings is 3. The maximum Gasteiger partial charge on any atom is 0.407 e. The monoisotopic (exact) mass is 530 g/mol. The summed E-state index contributed by atoms with van der Waals surface area (Å²) in [4.78, 5) is 37.6. The van der Waals surface area contributed by atoms with Crippen LogP contribution in [0.5, 0.6) is 0 Å². The Morgan fingerprint density at radius 2 is 1.46 bits per heavy atom. The van der Waals surface area contributed by atoms with Gasteiger partial charge in [-0.3, -0.25) is 9.59 Å². The molecule has 0 aromatic heterocycles. The van der Waals surface area contributed by atoms with E-state index in [1.54, 1.807) is 6.92 Å². The average molecular weight is 531 g/mol. The molecule has 0 saturated carbocycles. The van der Waals surface area contributed by atoms with Crippen molar-refractivity contribution >= 4 is 18.0 Å². The van der Waals surface area contributed by atoms with Crippen molar-refractivity contribution in [2.75, 3.05) is 13.2 Å². The lowest BCUT2D eigenvalue weighted by atomic mass is 9.93. The normalized spacial score (nSPS) is 14.0. The maximum atomic E-state index is 13.1. The summed E-state index contributed by atoms with van der Waals surface area (Å²) >= 11 is 0. The molecule has 1 aliphatic carbocycles. The average Bonchev–Trinajstić information content (AvgIpc) is 3.26. The molecule has 3 aromatic rings. The van der Waals surface area contributed by atoms with Crippen molar-refractivity contribution in [3.8, 4) is 11.1 Å². The summed E-state index contributed by atoms with van der Waals surface area (Å²) in [6, 6.07) is 24.4. The third-order valence-corrected chi connectivity index (χ3v) is 7.01. The second kappa shape index (κ2) is 12.1. The number of carbonyl (C=O) groups is 3. The standard InChI is InChI=1S/C31H34N2O6/c1-20(38-17-21-11-5-4-6-12-21)27(28(34)32-19-31(2,3)29(35)36)33-30(37)39-18-26-24-15-9-7-13-22(24)23-14-8-10-16-25(23)26/h4-16,20,26-27H,17-19H2,1-3H3,(H,32,34)(H,33,37)(H,35,36)/t20-,27+/m0/s1. The van der Waals surface area contributed by atoms with Gasteiger partial charge in [-0.15, -0.1) is 0 Å². The van der Waals surface area contributed by atoms with Crippen LogP contribution in [0.4, 0.5) is 4.79 Å². The van der Waals surface area contributed by atoms with Crippen molar-refractivity contribution in [2.45, 2.75) is 45.4 Å². The molecule has 39 heavy (non-hydrogen) atoms. The van der Waals surface area contributed by atoms with Crippen molar-refractivity contribution in [1.29, 1.82) is 0 Å². The first-order valence-corrected chi connectivity index (χ1v) is 13.0. The summed E-state index contributed by atoms with van der Waals surface area (Å²) in [5, 5.41) is 14.7. The lowest BCUT2D eigenvalue weighted by Crippen LogP contribution is -2.55. The number of fused-ring (bicyclic) bond motifs is 3. The number of ether oxygens (including phenoxy) is 2. The van der Waals surface area contributed by atoms with Crippen LogP contribution in [-0.4, -0.2) is 48.4 Å². The molecule has 0 unspecified atom stereocenters. The van der Waals surface area contributed by atoms with E-state index in [4.69, 9.17) is 9.47 Å². The number of amides is 2. The molecule has 0 bridgehead atoms. The number of carboxylic acids is 1. The van der Waals surface area contributed by atoms with E-state index in [-0.39, 0.29) is 25.7 Å². The zero-order chi connectivity index (χ0) is 28.0. The quantitative estimate of drug-likeness (QED) is 0.330. The van der Waals surface area contributed by atoms with Gasteiger partial charge in [-0.05, 0) is 48.6 Å². The molecular formula is C31H34N2O6. The van der Waals surface area contributed by atoms with Gasteiger partial charge in [0.05, 0.1) is 18.1 Å². The van der Waals surface area contributed by atoms with E-state index in [0.29, 0.717) is 0 Å². The van der Waals surface area contributed by atoms with Gasteiger partial charge in [-0.25, -0.2) is 4.79 Å². The molecule has 3 aromatic carbocycles. The molecular weight excluding hydrogens is 496 g/mol. The Morgan fingerprint density at radius 1 is 0.897 bits per heavy atom. The molecule has 204 valence electrons. The highest BCUT2D eigenvalue weighted by molar-refractivity contribution is 5.87. The Labute approximate surface area is 228 Å². The third-order valence-electron chi connectivity index (χ3n) is 7.01. The number of hydrogen-bond donors (Lipinski definition) is 3. The Balaban J connectivity index is 1.43. The van der Waals surface area contributed by atoms with Crippen LogP contribution in [-0.2, 0) is 25.7 Å². The summed E-state index contributed by atoms with van der Waals surface area (Å²) in [6.07, 6.45) is -1.48. The summed E-state index contributed by atoms with van der Waals surface area (Å²) < 4.78 is 11.6. The number of hydrogen-bond acceptors (Lipinski definition) is 5. The SMILES string of the molecule is C[C@H](OCc1ccccc1)[C@@H](NC(=O)OCC1c2ccccc2-c2ccccc21)C(=O)NCC(C)(C)C(=O)O. The fourth-order valence-corrected chi connectivity index (χ4v) is 4.55. The first-order valence-electron chi connectivity index (χ1n) is 13.0. The van der Waals surface area contributed by atoms with Crippen molar-refractivity contribution in [1.82, 2.24) is 10.6 Å². The Kier molecular flexibility index (Phi) is 8.66. The Hall–Kier alpha value is -4.17. The van der Waals surface area contributed by atoms with E-state index < -0.39 is 35.5 Å². The molecule has 2 amide bonds. The predicted octanol–water partition coefficient (Wildman–Crippen LogP) is 4.73. The second-order valence-electron chi connectivity index (χ2n) is 10.4. The van der Waals surface area contributed by atoms with Gasteiger partial charge in [0.2, 0.25) is 5.91 Å². The van der Waals surface area contributed by atoms with Gasteiger partial charge in [-0.2, -0.15) is 0 Å². The molecule has 2 atom stereocenters. The van der Waals surface area contributed by atoms with Crippen LogP contribution in [0.2, 0.25) is 0 Å². The van der Waals surface area contributed by atoms with E-state index in [1.165, 1.54) is 13.8 Å². The molecule has 1 aliphatic rings. The minimum atomic E-state index is -1.18. The minimum Gasteiger partial charge on any atom is -0.481 e. The van der Waals surface area contributed by atoms with Gasteiger partial charge >= 0.3 is 12.1 Å². The molecule has 8 heteroatoms. The van der Waals surface area contributed by atoms with E-state index in [2.05, 4.69) is 22.8 Å². The Bertz CT molecular complexity index is 1280. The molecule has 4 rings (SSSR count). The summed E-state index contributed by atoms with van der Waals surface area (Å²) in [7, 11) is 0. The molecule has 0 saturated heterocycles. The maximum absolute atomic E-state index is 13.1. The Morgan fingerprint density at radius 3 is 2.05 bits per heavy atom. The van der Waals surface area contributed by atoms with E-state index >= 15 is 0 Å². The number of carboxylic acid groups (broad SMARTS) is 1. The van der Waals surface area contributed by atoms with Crippen molar-refractivity contribution in [2.24, 2.45) is 5.41 Å².